The van der Waals surface area contributed by atoms with Crippen LogP contribution in [-0.4, -0.2) is 22.3 Å². The maximum Gasteiger partial charge on any atom is 0.226 e. The Hall–Kier alpha value is -1.68. The zero-order valence-electron chi connectivity index (χ0n) is 12.5. The number of carbonyl (C=O) groups is 1. The third kappa shape index (κ3) is 2.56. The molecule has 0 radical (unpaired) electrons. The third-order valence-corrected chi connectivity index (χ3v) is 5.73. The number of thiazole rings is 1. The number of piperidine rings is 1. The number of rotatable bonds is 3. The average Bonchev–Trinajstić information content (AvgIpc) is 3.20. The van der Waals surface area contributed by atoms with Gasteiger partial charge >= 0.3 is 0 Å². The Morgan fingerprint density at radius 1 is 1.23 bits per heavy atom. The van der Waals surface area contributed by atoms with Crippen molar-refractivity contribution < 1.29 is 4.79 Å². The fourth-order valence-corrected chi connectivity index (χ4v) is 4.39. The molecule has 1 amide bonds. The van der Waals surface area contributed by atoms with Crippen molar-refractivity contribution in [2.75, 3.05) is 6.54 Å². The van der Waals surface area contributed by atoms with Crippen LogP contribution in [0, 0.1) is 5.92 Å². The van der Waals surface area contributed by atoms with Crippen molar-refractivity contribution >= 4 is 17.2 Å². The summed E-state index contributed by atoms with van der Waals surface area (Å²) in [5, 5.41) is 3.11. The third-order valence-electron chi connectivity index (χ3n) is 4.86. The summed E-state index contributed by atoms with van der Waals surface area (Å²) >= 11 is 1.67. The van der Waals surface area contributed by atoms with Crippen molar-refractivity contribution in [1.82, 2.24) is 9.88 Å². The highest BCUT2D eigenvalue weighted by molar-refractivity contribution is 7.09. The highest BCUT2D eigenvalue weighted by Crippen LogP contribution is 2.49. The van der Waals surface area contributed by atoms with Crippen LogP contribution in [0.1, 0.15) is 48.2 Å². The van der Waals surface area contributed by atoms with E-state index in [9.17, 15) is 4.79 Å². The van der Waals surface area contributed by atoms with E-state index >= 15 is 0 Å². The van der Waals surface area contributed by atoms with Gasteiger partial charge in [-0.3, -0.25) is 4.79 Å². The van der Waals surface area contributed by atoms with E-state index in [2.05, 4.69) is 34.1 Å². The van der Waals surface area contributed by atoms with E-state index in [1.807, 2.05) is 17.6 Å². The summed E-state index contributed by atoms with van der Waals surface area (Å²) in [6.07, 6.45) is 6.23. The minimum absolute atomic E-state index is 0.183. The summed E-state index contributed by atoms with van der Waals surface area (Å²) in [5.41, 5.74) is 1.31. The average molecular weight is 312 g/mol. The predicted octanol–water partition coefficient (Wildman–Crippen LogP) is 4.00. The molecule has 2 aromatic rings. The Labute approximate surface area is 135 Å². The van der Waals surface area contributed by atoms with Crippen LogP contribution in [0.4, 0.5) is 0 Å². The number of aromatic nitrogens is 1. The molecule has 1 saturated carbocycles. The molecule has 1 aromatic heterocycles. The van der Waals surface area contributed by atoms with Crippen molar-refractivity contribution in [1.29, 1.82) is 0 Å². The molecule has 0 unspecified atom stereocenters. The molecule has 1 aliphatic heterocycles. The smallest absolute Gasteiger partial charge is 0.226 e. The molecule has 1 saturated heterocycles. The van der Waals surface area contributed by atoms with Crippen LogP contribution in [0.25, 0.3) is 0 Å². The van der Waals surface area contributed by atoms with E-state index in [0.717, 1.165) is 30.8 Å². The van der Waals surface area contributed by atoms with Gasteiger partial charge in [0.25, 0.3) is 0 Å². The van der Waals surface area contributed by atoms with Gasteiger partial charge in [0.2, 0.25) is 5.91 Å². The summed E-state index contributed by atoms with van der Waals surface area (Å²) in [7, 11) is 0. The predicted molar refractivity (Wildman–Crippen MR) is 87.7 cm³/mol. The number of hydrogen-bond donors (Lipinski definition) is 0. The number of hydrogen-bond acceptors (Lipinski definition) is 3. The molecule has 2 aliphatic rings. The van der Waals surface area contributed by atoms with E-state index in [1.165, 1.54) is 12.0 Å². The van der Waals surface area contributed by atoms with Gasteiger partial charge in [0.1, 0.15) is 5.01 Å². The van der Waals surface area contributed by atoms with Crippen LogP contribution < -0.4 is 0 Å². The monoisotopic (exact) mass is 312 g/mol. The molecule has 22 heavy (non-hydrogen) atoms. The molecule has 1 aliphatic carbocycles. The van der Waals surface area contributed by atoms with Crippen LogP contribution in [0.5, 0.6) is 0 Å². The molecule has 0 bridgehead atoms. The summed E-state index contributed by atoms with van der Waals surface area (Å²) < 4.78 is 0. The minimum Gasteiger partial charge on any atom is -0.333 e. The van der Waals surface area contributed by atoms with Gasteiger partial charge in [-0.1, -0.05) is 30.3 Å². The molecule has 4 rings (SSSR count). The van der Waals surface area contributed by atoms with Gasteiger partial charge in [-0.15, -0.1) is 11.3 Å². The Kier molecular flexibility index (Phi) is 3.70. The van der Waals surface area contributed by atoms with Gasteiger partial charge < -0.3 is 4.90 Å². The Morgan fingerprint density at radius 2 is 2.09 bits per heavy atom. The lowest BCUT2D eigenvalue weighted by molar-refractivity contribution is -0.136. The van der Waals surface area contributed by atoms with Gasteiger partial charge in [-0.25, -0.2) is 4.98 Å². The van der Waals surface area contributed by atoms with Crippen molar-refractivity contribution in [3.05, 3.63) is 52.5 Å². The highest BCUT2D eigenvalue weighted by atomic mass is 32.1. The second-order valence-electron chi connectivity index (χ2n) is 6.27. The molecule has 1 aromatic carbocycles. The molecule has 0 N–H and O–H groups in total. The van der Waals surface area contributed by atoms with Crippen molar-refractivity contribution in [2.45, 2.75) is 37.6 Å². The number of nitrogens with zero attached hydrogens (tertiary/aromatic N) is 2. The molecule has 114 valence electrons. The van der Waals surface area contributed by atoms with Crippen LogP contribution in [0.3, 0.4) is 0 Å². The second-order valence-corrected chi connectivity index (χ2v) is 7.20. The van der Waals surface area contributed by atoms with Crippen LogP contribution in [0.2, 0.25) is 0 Å². The van der Waals surface area contributed by atoms with E-state index < -0.39 is 0 Å². The molecule has 3 nitrogen and oxygen atoms in total. The molecule has 2 heterocycles. The summed E-state index contributed by atoms with van der Waals surface area (Å²) in [5.74, 6) is 0.948. The first-order valence-corrected chi connectivity index (χ1v) is 8.97. The fourth-order valence-electron chi connectivity index (χ4n) is 3.60. The van der Waals surface area contributed by atoms with E-state index in [0.29, 0.717) is 11.8 Å². The van der Waals surface area contributed by atoms with Gasteiger partial charge in [0.05, 0.1) is 6.04 Å². The number of carbonyl (C=O) groups excluding carboxylic acids is 1. The lowest BCUT2D eigenvalue weighted by Crippen LogP contribution is -2.39. The molecule has 2 fully saturated rings. The fraction of sp³-hybridized carbons (Fsp3) is 0.444. The van der Waals surface area contributed by atoms with Gasteiger partial charge in [-0.2, -0.15) is 0 Å². The van der Waals surface area contributed by atoms with Gasteiger partial charge in [0, 0.05) is 24.0 Å². The van der Waals surface area contributed by atoms with Crippen molar-refractivity contribution in [2.24, 2.45) is 5.92 Å². The molecule has 0 spiro atoms. The first-order chi connectivity index (χ1) is 10.8. The molecule has 4 heteroatoms. The number of benzene rings is 1. The Balaban J connectivity index is 1.50. The standard InChI is InChI=1S/C18H20N2OS/c21-18(15-12-14(15)13-6-2-1-3-7-13)20-10-5-4-8-16(20)17-19-9-11-22-17/h1-3,6-7,9,11,14-16H,4-5,8,10,12H2/t14-,15+,16+/m0/s1. The van der Waals surface area contributed by atoms with E-state index in [1.54, 1.807) is 11.3 Å². The highest BCUT2D eigenvalue weighted by Gasteiger charge is 2.47. The van der Waals surface area contributed by atoms with Crippen LogP contribution in [0.15, 0.2) is 41.9 Å². The lowest BCUT2D eigenvalue weighted by atomic mass is 10.0. The summed E-state index contributed by atoms with van der Waals surface area (Å²) in [6.45, 7) is 0.890. The van der Waals surface area contributed by atoms with Crippen LogP contribution in [-0.2, 0) is 4.79 Å². The summed E-state index contributed by atoms with van der Waals surface area (Å²) in [4.78, 5) is 19.5. The lowest BCUT2D eigenvalue weighted by Gasteiger charge is -2.34. The van der Waals surface area contributed by atoms with Crippen molar-refractivity contribution in [3.8, 4) is 0 Å². The normalized spacial score (nSPS) is 27.6. The summed E-state index contributed by atoms with van der Waals surface area (Å²) in [6, 6.07) is 10.7. The SMILES string of the molecule is O=C([C@@H]1C[C@H]1c1ccccc1)N1CCCC[C@@H]1c1nccs1. The second kappa shape index (κ2) is 5.84. The maximum atomic E-state index is 13.0. The Bertz CT molecular complexity index is 640. The zero-order valence-corrected chi connectivity index (χ0v) is 13.3. The number of amides is 1. The topological polar surface area (TPSA) is 33.2 Å². The molecule has 3 atom stereocenters. The van der Waals surface area contributed by atoms with Crippen LogP contribution >= 0.6 is 11.3 Å². The molecular weight excluding hydrogens is 292 g/mol. The molecular formula is C18H20N2OS. The van der Waals surface area contributed by atoms with E-state index in [-0.39, 0.29) is 12.0 Å². The first kappa shape index (κ1) is 13.9. The minimum atomic E-state index is 0.183. The quantitative estimate of drug-likeness (QED) is 0.858. The largest absolute Gasteiger partial charge is 0.333 e. The maximum absolute atomic E-state index is 13.0. The zero-order chi connectivity index (χ0) is 14.9. The van der Waals surface area contributed by atoms with Gasteiger partial charge in [0.15, 0.2) is 0 Å². The van der Waals surface area contributed by atoms with Gasteiger partial charge in [-0.05, 0) is 37.2 Å². The van der Waals surface area contributed by atoms with E-state index in [4.69, 9.17) is 0 Å². The first-order valence-electron chi connectivity index (χ1n) is 8.09. The van der Waals surface area contributed by atoms with Crippen molar-refractivity contribution in [3.63, 3.8) is 0 Å². The Morgan fingerprint density at radius 3 is 2.86 bits per heavy atom. The number of likely N-dealkylation sites (tertiary alicyclic amines) is 1.